The first kappa shape index (κ1) is 24.1. The number of amides is 1. The molecule has 28 heavy (non-hydrogen) atoms. The molecule has 1 unspecified atom stereocenters. The van der Waals surface area contributed by atoms with Crippen molar-refractivity contribution < 1.29 is 32.7 Å². The lowest BCUT2D eigenvalue weighted by atomic mass is 10.1. The lowest BCUT2D eigenvalue weighted by Gasteiger charge is -2.23. The predicted octanol–water partition coefficient (Wildman–Crippen LogP) is 3.19. The minimum Gasteiger partial charge on any atom is -0.467 e. The number of carbonyl (C=O) groups is 2. The first-order valence-electron chi connectivity index (χ1n) is 9.10. The van der Waals surface area contributed by atoms with Crippen molar-refractivity contribution in [1.29, 1.82) is 0 Å². The van der Waals surface area contributed by atoms with Crippen molar-refractivity contribution in [1.82, 2.24) is 5.32 Å². The summed E-state index contributed by atoms with van der Waals surface area (Å²) in [4.78, 5) is 24.0. The van der Waals surface area contributed by atoms with E-state index >= 15 is 0 Å². The van der Waals surface area contributed by atoms with Gasteiger partial charge >= 0.3 is 19.7 Å². The van der Waals surface area contributed by atoms with Crippen LogP contribution >= 0.6 is 7.60 Å². The molecule has 0 radical (unpaired) electrons. The summed E-state index contributed by atoms with van der Waals surface area (Å²) in [5, 5.41) is 2.94. The average Bonchev–Trinajstić information content (AvgIpc) is 2.59. The van der Waals surface area contributed by atoms with Gasteiger partial charge in [-0.05, 0) is 52.3 Å². The largest absolute Gasteiger partial charge is 0.467 e. The van der Waals surface area contributed by atoms with Crippen LogP contribution in [0, 0.1) is 0 Å². The Bertz CT molecular complexity index is 687. The van der Waals surface area contributed by atoms with Crippen LogP contribution in [0.4, 0.5) is 4.79 Å². The first-order chi connectivity index (χ1) is 13.0. The van der Waals surface area contributed by atoms with Crippen LogP contribution in [0.1, 0.15) is 40.2 Å². The maximum absolute atomic E-state index is 12.8. The van der Waals surface area contributed by atoms with Crippen LogP contribution in [0.3, 0.4) is 0 Å². The summed E-state index contributed by atoms with van der Waals surface area (Å²) in [5.74, 6) is -0.593. The third-order valence-corrected chi connectivity index (χ3v) is 5.59. The number of nitrogens with one attached hydrogen (secondary N) is 1. The minimum absolute atomic E-state index is 0.180. The molecule has 1 amide bonds. The van der Waals surface area contributed by atoms with E-state index in [4.69, 9.17) is 18.5 Å². The zero-order valence-electron chi connectivity index (χ0n) is 17.3. The number of alkyl carbamates (subject to hydrolysis) is 1. The van der Waals surface area contributed by atoms with E-state index in [-0.39, 0.29) is 19.6 Å². The molecule has 158 valence electrons. The summed E-state index contributed by atoms with van der Waals surface area (Å²) in [5.41, 5.74) is 0.0429. The maximum atomic E-state index is 12.8. The van der Waals surface area contributed by atoms with E-state index in [1.54, 1.807) is 58.9 Å². The molecule has 0 aliphatic carbocycles. The SMILES string of the molecule is CCOP(=O)(OCC)c1ccc(CC(NC(=O)OC(C)(C)C)C(=O)OC)cc1. The molecular formula is C19H30NO7P. The van der Waals surface area contributed by atoms with Crippen LogP contribution in [-0.4, -0.2) is 44.0 Å². The maximum Gasteiger partial charge on any atom is 0.408 e. The zero-order valence-corrected chi connectivity index (χ0v) is 18.2. The summed E-state index contributed by atoms with van der Waals surface area (Å²) >= 11 is 0. The number of hydrogen-bond acceptors (Lipinski definition) is 7. The lowest BCUT2D eigenvalue weighted by molar-refractivity contribution is -0.143. The average molecular weight is 415 g/mol. The van der Waals surface area contributed by atoms with Gasteiger partial charge in [0.2, 0.25) is 0 Å². The van der Waals surface area contributed by atoms with Gasteiger partial charge in [0.25, 0.3) is 0 Å². The van der Waals surface area contributed by atoms with Gasteiger partial charge in [-0.25, -0.2) is 9.59 Å². The second-order valence-corrected chi connectivity index (χ2v) is 8.95. The Kier molecular flexibility index (Phi) is 9.14. The molecule has 8 nitrogen and oxygen atoms in total. The van der Waals surface area contributed by atoms with Crippen LogP contribution < -0.4 is 10.6 Å². The van der Waals surface area contributed by atoms with Crippen molar-refractivity contribution in [3.63, 3.8) is 0 Å². The van der Waals surface area contributed by atoms with Gasteiger partial charge in [-0.3, -0.25) is 4.57 Å². The Hall–Kier alpha value is -1.89. The number of rotatable bonds is 9. The highest BCUT2D eigenvalue weighted by atomic mass is 31.2. The third-order valence-electron chi connectivity index (χ3n) is 3.47. The molecule has 0 bridgehead atoms. The van der Waals surface area contributed by atoms with E-state index in [0.717, 1.165) is 5.56 Å². The first-order valence-corrected chi connectivity index (χ1v) is 10.6. The van der Waals surface area contributed by atoms with Gasteiger partial charge in [0.1, 0.15) is 11.6 Å². The fourth-order valence-corrected chi connectivity index (χ4v) is 3.93. The van der Waals surface area contributed by atoms with E-state index in [9.17, 15) is 14.2 Å². The molecule has 0 aromatic heterocycles. The summed E-state index contributed by atoms with van der Waals surface area (Å²) in [7, 11) is -2.13. The Balaban J connectivity index is 2.94. The quantitative estimate of drug-likeness (QED) is 0.488. The molecule has 1 N–H and O–H groups in total. The Morgan fingerprint density at radius 1 is 1.07 bits per heavy atom. The fraction of sp³-hybridized carbons (Fsp3) is 0.579. The van der Waals surface area contributed by atoms with Crippen molar-refractivity contribution >= 4 is 25.0 Å². The van der Waals surface area contributed by atoms with Crippen molar-refractivity contribution in [3.8, 4) is 0 Å². The molecule has 1 atom stereocenters. The van der Waals surface area contributed by atoms with Crippen molar-refractivity contribution in [3.05, 3.63) is 29.8 Å². The van der Waals surface area contributed by atoms with Crippen LogP contribution in [0.2, 0.25) is 0 Å². The summed E-state index contributed by atoms with van der Waals surface area (Å²) < 4.78 is 33.4. The molecule has 0 aliphatic rings. The molecule has 9 heteroatoms. The highest BCUT2D eigenvalue weighted by Gasteiger charge is 2.28. The van der Waals surface area contributed by atoms with Gasteiger partial charge in [-0.1, -0.05) is 12.1 Å². The topological polar surface area (TPSA) is 100 Å². The molecule has 0 spiro atoms. The van der Waals surface area contributed by atoms with Crippen molar-refractivity contribution in [2.45, 2.75) is 52.7 Å². The van der Waals surface area contributed by atoms with Gasteiger partial charge in [-0.2, -0.15) is 0 Å². The molecule has 0 aliphatic heterocycles. The predicted molar refractivity (Wildman–Crippen MR) is 106 cm³/mol. The van der Waals surface area contributed by atoms with E-state index in [0.29, 0.717) is 5.30 Å². The number of methoxy groups -OCH3 is 1. The Morgan fingerprint density at radius 3 is 2.04 bits per heavy atom. The number of carbonyl (C=O) groups excluding carboxylic acids is 2. The van der Waals surface area contributed by atoms with Crippen molar-refractivity contribution in [2.24, 2.45) is 0 Å². The normalized spacial score (nSPS) is 12.9. The summed E-state index contributed by atoms with van der Waals surface area (Å²) in [6, 6.07) is 5.74. The molecule has 1 aromatic rings. The second kappa shape index (κ2) is 10.6. The van der Waals surface area contributed by atoms with E-state index in [1.807, 2.05) is 0 Å². The molecule has 0 saturated carbocycles. The van der Waals surface area contributed by atoms with Crippen LogP contribution in [0.25, 0.3) is 0 Å². The smallest absolute Gasteiger partial charge is 0.408 e. The van der Waals surface area contributed by atoms with E-state index < -0.39 is 31.3 Å². The summed E-state index contributed by atoms with van der Waals surface area (Å²) in [6.07, 6.45) is -0.531. The monoisotopic (exact) mass is 415 g/mol. The number of ether oxygens (including phenoxy) is 2. The Labute approximate surface area is 166 Å². The third kappa shape index (κ3) is 7.62. The van der Waals surface area contributed by atoms with Crippen LogP contribution in [0.15, 0.2) is 24.3 Å². The molecule has 0 heterocycles. The Morgan fingerprint density at radius 2 is 1.61 bits per heavy atom. The van der Waals surface area contributed by atoms with E-state index in [1.165, 1.54) is 7.11 Å². The molecule has 1 aromatic carbocycles. The van der Waals surface area contributed by atoms with Gasteiger partial charge in [-0.15, -0.1) is 0 Å². The minimum atomic E-state index is -3.38. The number of hydrogen-bond donors (Lipinski definition) is 1. The second-order valence-electron chi connectivity index (χ2n) is 6.93. The summed E-state index contributed by atoms with van der Waals surface area (Å²) in [6.45, 7) is 9.17. The lowest BCUT2D eigenvalue weighted by Crippen LogP contribution is -2.45. The fourth-order valence-electron chi connectivity index (χ4n) is 2.36. The number of benzene rings is 1. The number of esters is 1. The van der Waals surface area contributed by atoms with Gasteiger partial charge in [0.05, 0.1) is 25.6 Å². The highest BCUT2D eigenvalue weighted by molar-refractivity contribution is 7.62. The molecule has 1 rings (SSSR count). The standard InChI is InChI=1S/C19H30NO7P/c1-7-25-28(23,26-8-2)15-11-9-14(10-12-15)13-16(17(21)24-6)20-18(22)27-19(3,4)5/h9-12,16H,7-8,13H2,1-6H3,(H,20,22). The molecule has 0 fully saturated rings. The van der Waals surface area contributed by atoms with Crippen molar-refractivity contribution in [2.75, 3.05) is 20.3 Å². The molecular weight excluding hydrogens is 385 g/mol. The highest BCUT2D eigenvalue weighted by Crippen LogP contribution is 2.46. The molecule has 0 saturated heterocycles. The van der Waals surface area contributed by atoms with Gasteiger partial charge in [0.15, 0.2) is 0 Å². The van der Waals surface area contributed by atoms with Crippen LogP contribution in [-0.2, 0) is 34.3 Å². The van der Waals surface area contributed by atoms with E-state index in [2.05, 4.69) is 5.32 Å². The zero-order chi connectivity index (χ0) is 21.4. The van der Waals surface area contributed by atoms with Crippen LogP contribution in [0.5, 0.6) is 0 Å². The van der Waals surface area contributed by atoms with Gasteiger partial charge < -0.3 is 23.8 Å². The van der Waals surface area contributed by atoms with Gasteiger partial charge in [0, 0.05) is 6.42 Å².